The summed E-state index contributed by atoms with van der Waals surface area (Å²) in [4.78, 5) is 20.8. The number of amides is 2. The Morgan fingerprint density at radius 3 is 2.24 bits per heavy atom. The second-order valence-electron chi connectivity index (χ2n) is 11.8. The third kappa shape index (κ3) is 3.76. The summed E-state index contributed by atoms with van der Waals surface area (Å²) in [5.74, 6) is 2.81. The van der Waals surface area contributed by atoms with Gasteiger partial charge in [0.25, 0.3) is 0 Å². The number of nitrogens with zero attached hydrogens (tertiary/aromatic N) is 5. The van der Waals surface area contributed by atoms with Crippen LogP contribution in [0.4, 0.5) is 18.0 Å². The SMILES string of the molecule is O=C(N1CC2(CC(c3n[nH]c(C4CC4)n3)C2)C1)N1CC2(C1)CN(S(=O)(=O)c1cccc(C(F)(F)F)c1)C2. The maximum Gasteiger partial charge on any atom is 0.416 e. The number of carbonyl (C=O) groups excluding carboxylic acids is 1. The second-order valence-corrected chi connectivity index (χ2v) is 13.7. The molecule has 1 N–H and O–H groups in total. The first-order valence-corrected chi connectivity index (χ1v) is 14.0. The molecule has 0 radical (unpaired) electrons. The summed E-state index contributed by atoms with van der Waals surface area (Å²) in [7, 11) is -4.01. The maximum absolute atomic E-state index is 13.0. The largest absolute Gasteiger partial charge is 0.416 e. The molecule has 4 heterocycles. The minimum atomic E-state index is -4.61. The molecule has 3 aliphatic heterocycles. The Morgan fingerprint density at radius 2 is 1.62 bits per heavy atom. The molecule has 2 aromatic rings. The lowest BCUT2D eigenvalue weighted by atomic mass is 9.57. The molecule has 1 aromatic heterocycles. The highest BCUT2D eigenvalue weighted by Crippen LogP contribution is 2.56. The molecule has 9 nitrogen and oxygen atoms in total. The quantitative estimate of drug-likeness (QED) is 0.647. The van der Waals surface area contributed by atoms with Gasteiger partial charge in [0.2, 0.25) is 10.0 Å². The Labute approximate surface area is 212 Å². The second kappa shape index (κ2) is 7.46. The molecule has 5 fully saturated rings. The lowest BCUT2D eigenvalue weighted by Crippen LogP contribution is -2.76. The molecule has 3 saturated heterocycles. The number of alkyl halides is 3. The molecule has 2 aliphatic carbocycles. The van der Waals surface area contributed by atoms with Gasteiger partial charge in [0.15, 0.2) is 5.82 Å². The molecule has 5 aliphatic rings. The zero-order valence-electron chi connectivity index (χ0n) is 20.0. The Kier molecular flexibility index (Phi) is 4.73. The van der Waals surface area contributed by atoms with Crippen LogP contribution >= 0.6 is 0 Å². The molecule has 37 heavy (non-hydrogen) atoms. The molecular formula is C24H27F3N6O3S. The average Bonchev–Trinajstić information content (AvgIpc) is 3.47. The molecule has 198 valence electrons. The van der Waals surface area contributed by atoms with Gasteiger partial charge in [0.1, 0.15) is 5.82 Å². The van der Waals surface area contributed by atoms with Crippen LogP contribution in [-0.2, 0) is 16.2 Å². The van der Waals surface area contributed by atoms with Crippen molar-refractivity contribution < 1.29 is 26.4 Å². The standard InChI is InChI=1S/C24H27F3N6O3S/c25-24(26,27)17-2-1-3-18(6-17)37(35,36)33-13-23(14-33)11-32(12-23)21(34)31-9-22(10-31)7-16(8-22)20-28-19(29-30-20)15-4-5-15/h1-3,6,15-16H,4-5,7-14H2,(H,28,29,30). The highest BCUT2D eigenvalue weighted by molar-refractivity contribution is 7.89. The van der Waals surface area contributed by atoms with Crippen molar-refractivity contribution in [1.82, 2.24) is 29.3 Å². The number of nitrogens with one attached hydrogen (secondary N) is 1. The van der Waals surface area contributed by atoms with Gasteiger partial charge in [-0.3, -0.25) is 5.10 Å². The van der Waals surface area contributed by atoms with Gasteiger partial charge in [0, 0.05) is 61.9 Å². The van der Waals surface area contributed by atoms with E-state index in [2.05, 4.69) is 15.2 Å². The Hall–Kier alpha value is -2.67. The van der Waals surface area contributed by atoms with E-state index >= 15 is 0 Å². The van der Waals surface area contributed by atoms with Gasteiger partial charge in [-0.1, -0.05) is 6.07 Å². The van der Waals surface area contributed by atoms with E-state index in [1.807, 2.05) is 4.90 Å². The fraction of sp³-hybridized carbons (Fsp3) is 0.625. The smallest absolute Gasteiger partial charge is 0.323 e. The van der Waals surface area contributed by atoms with E-state index in [-0.39, 0.29) is 34.8 Å². The summed E-state index contributed by atoms with van der Waals surface area (Å²) in [6.07, 6.45) is -0.263. The van der Waals surface area contributed by atoms with Crippen LogP contribution in [-0.4, -0.2) is 83.0 Å². The highest BCUT2D eigenvalue weighted by atomic mass is 32.2. The van der Waals surface area contributed by atoms with Gasteiger partial charge in [0.05, 0.1) is 10.5 Å². The van der Waals surface area contributed by atoms with Gasteiger partial charge in [-0.05, 0) is 43.9 Å². The van der Waals surface area contributed by atoms with Crippen molar-refractivity contribution in [2.24, 2.45) is 10.8 Å². The number of halogens is 3. The number of hydrogen-bond donors (Lipinski definition) is 1. The minimum Gasteiger partial charge on any atom is -0.323 e. The van der Waals surface area contributed by atoms with Crippen LogP contribution in [0, 0.1) is 10.8 Å². The molecular weight excluding hydrogens is 509 g/mol. The number of sulfonamides is 1. The number of aromatic amines is 1. The molecule has 2 spiro atoms. The third-order valence-corrected chi connectivity index (χ3v) is 10.5. The number of hydrogen-bond acceptors (Lipinski definition) is 5. The van der Waals surface area contributed by atoms with Crippen molar-refractivity contribution in [1.29, 1.82) is 0 Å². The number of benzene rings is 1. The van der Waals surface area contributed by atoms with Crippen LogP contribution in [0.25, 0.3) is 0 Å². The van der Waals surface area contributed by atoms with Crippen LogP contribution in [0.3, 0.4) is 0 Å². The predicted octanol–water partition coefficient (Wildman–Crippen LogP) is 3.01. The zero-order valence-corrected chi connectivity index (χ0v) is 20.9. The molecule has 0 atom stereocenters. The van der Waals surface area contributed by atoms with E-state index in [0.29, 0.717) is 31.0 Å². The first kappa shape index (κ1) is 23.4. The lowest BCUT2D eigenvalue weighted by molar-refractivity contribution is -0.137. The summed E-state index contributed by atoms with van der Waals surface area (Å²) in [5, 5.41) is 7.46. The number of H-pyrrole nitrogens is 1. The first-order valence-electron chi connectivity index (χ1n) is 12.6. The fourth-order valence-electron chi connectivity index (χ4n) is 6.49. The molecule has 13 heteroatoms. The molecule has 2 amide bonds. The van der Waals surface area contributed by atoms with Crippen molar-refractivity contribution in [3.05, 3.63) is 41.5 Å². The van der Waals surface area contributed by atoms with Gasteiger partial charge in [-0.2, -0.15) is 22.6 Å². The minimum absolute atomic E-state index is 0.0206. The number of likely N-dealkylation sites (tertiary alicyclic amines) is 2. The van der Waals surface area contributed by atoms with E-state index in [4.69, 9.17) is 0 Å². The molecule has 1 aromatic carbocycles. The van der Waals surface area contributed by atoms with Crippen LogP contribution in [0.2, 0.25) is 0 Å². The van der Waals surface area contributed by atoms with Crippen molar-refractivity contribution in [2.75, 3.05) is 39.3 Å². The summed E-state index contributed by atoms with van der Waals surface area (Å²) >= 11 is 0. The van der Waals surface area contributed by atoms with E-state index in [9.17, 15) is 26.4 Å². The first-order chi connectivity index (χ1) is 17.5. The van der Waals surface area contributed by atoms with E-state index in [1.165, 1.54) is 23.2 Å². The fourth-order valence-corrected chi connectivity index (χ4v) is 8.20. The third-order valence-electron chi connectivity index (χ3n) is 8.68. The highest BCUT2D eigenvalue weighted by Gasteiger charge is 2.60. The van der Waals surface area contributed by atoms with E-state index in [1.54, 1.807) is 4.90 Å². The predicted molar refractivity (Wildman–Crippen MR) is 124 cm³/mol. The number of aromatic nitrogens is 3. The average molecular weight is 537 g/mol. The van der Waals surface area contributed by atoms with Gasteiger partial charge < -0.3 is 9.80 Å². The Bertz CT molecular complexity index is 1360. The molecule has 0 unspecified atom stereocenters. The number of carbonyl (C=O) groups is 1. The van der Waals surface area contributed by atoms with E-state index < -0.39 is 21.8 Å². The van der Waals surface area contributed by atoms with Crippen LogP contribution < -0.4 is 0 Å². The molecule has 0 bridgehead atoms. The Balaban J connectivity index is 0.890. The molecule has 2 saturated carbocycles. The van der Waals surface area contributed by atoms with Crippen molar-refractivity contribution >= 4 is 16.1 Å². The van der Waals surface area contributed by atoms with Gasteiger partial charge in [-0.25, -0.2) is 18.2 Å². The number of rotatable bonds is 4. The monoisotopic (exact) mass is 536 g/mol. The van der Waals surface area contributed by atoms with Crippen molar-refractivity contribution in [3.8, 4) is 0 Å². The van der Waals surface area contributed by atoms with Crippen LogP contribution in [0.5, 0.6) is 0 Å². The Morgan fingerprint density at radius 1 is 0.973 bits per heavy atom. The topological polar surface area (TPSA) is 102 Å². The van der Waals surface area contributed by atoms with Crippen molar-refractivity contribution in [2.45, 2.75) is 48.6 Å². The summed E-state index contributed by atoms with van der Waals surface area (Å²) < 4.78 is 65.9. The van der Waals surface area contributed by atoms with E-state index in [0.717, 1.165) is 49.7 Å². The maximum atomic E-state index is 13.0. The summed E-state index contributed by atoms with van der Waals surface area (Å²) in [5.41, 5.74) is -1.13. The molecule has 7 rings (SSSR count). The van der Waals surface area contributed by atoms with Crippen LogP contribution in [0.15, 0.2) is 29.2 Å². The van der Waals surface area contributed by atoms with Crippen LogP contribution in [0.1, 0.15) is 54.7 Å². The lowest BCUT2D eigenvalue weighted by Gasteiger charge is -2.63. The van der Waals surface area contributed by atoms with Crippen molar-refractivity contribution in [3.63, 3.8) is 0 Å². The summed E-state index contributed by atoms with van der Waals surface area (Å²) in [6, 6.07) is 3.80. The summed E-state index contributed by atoms with van der Waals surface area (Å²) in [6.45, 7) is 2.80. The number of urea groups is 1. The zero-order chi connectivity index (χ0) is 25.8. The van der Waals surface area contributed by atoms with Gasteiger partial charge >= 0.3 is 12.2 Å². The normalized spacial score (nSPS) is 24.9. The van der Waals surface area contributed by atoms with Gasteiger partial charge in [-0.15, -0.1) is 0 Å².